The summed E-state index contributed by atoms with van der Waals surface area (Å²) in [5.74, 6) is -0.916. The summed E-state index contributed by atoms with van der Waals surface area (Å²) >= 11 is 5.89. The maximum absolute atomic E-state index is 12.9. The van der Waals surface area contributed by atoms with E-state index in [1.807, 2.05) is 0 Å². The van der Waals surface area contributed by atoms with Gasteiger partial charge >= 0.3 is 5.97 Å². The van der Waals surface area contributed by atoms with E-state index in [0.717, 1.165) is 12.5 Å². The van der Waals surface area contributed by atoms with Crippen molar-refractivity contribution in [1.82, 2.24) is 4.98 Å². The molecular formula is C12H9ClFNO3. The van der Waals surface area contributed by atoms with Gasteiger partial charge in [-0.3, -0.25) is 0 Å². The Morgan fingerprint density at radius 3 is 3.00 bits per heavy atom. The highest BCUT2D eigenvalue weighted by molar-refractivity contribution is 6.33. The molecule has 0 spiro atoms. The van der Waals surface area contributed by atoms with E-state index in [2.05, 4.69) is 4.98 Å². The maximum Gasteiger partial charge on any atom is 0.360 e. The van der Waals surface area contributed by atoms with Gasteiger partial charge in [-0.25, -0.2) is 14.2 Å². The number of nitrogens with zero attached hydrogens (tertiary/aromatic N) is 1. The number of halogens is 2. The van der Waals surface area contributed by atoms with Crippen LogP contribution in [0.2, 0.25) is 5.02 Å². The Morgan fingerprint density at radius 2 is 2.33 bits per heavy atom. The van der Waals surface area contributed by atoms with Crippen molar-refractivity contribution in [3.8, 4) is 11.3 Å². The van der Waals surface area contributed by atoms with Crippen LogP contribution >= 0.6 is 11.6 Å². The predicted octanol–water partition coefficient (Wildman–Crippen LogP) is 3.31. The minimum Gasteiger partial charge on any atom is -0.461 e. The second-order valence-electron chi connectivity index (χ2n) is 3.37. The van der Waals surface area contributed by atoms with Crippen molar-refractivity contribution < 1.29 is 18.3 Å². The Labute approximate surface area is 107 Å². The van der Waals surface area contributed by atoms with E-state index >= 15 is 0 Å². The molecule has 4 nitrogen and oxygen atoms in total. The summed E-state index contributed by atoms with van der Waals surface area (Å²) in [6.07, 6.45) is 1.11. The zero-order valence-corrected chi connectivity index (χ0v) is 10.2. The molecule has 0 fully saturated rings. The van der Waals surface area contributed by atoms with Crippen LogP contribution in [-0.2, 0) is 4.74 Å². The molecule has 0 radical (unpaired) electrons. The number of esters is 1. The van der Waals surface area contributed by atoms with E-state index in [1.54, 1.807) is 6.92 Å². The number of ether oxygens (including phenoxy) is 1. The lowest BCUT2D eigenvalue weighted by Gasteiger charge is -2.03. The van der Waals surface area contributed by atoms with E-state index in [1.165, 1.54) is 12.1 Å². The molecule has 0 atom stereocenters. The van der Waals surface area contributed by atoms with E-state index in [9.17, 15) is 9.18 Å². The number of hydrogen-bond donors (Lipinski definition) is 0. The minimum atomic E-state index is -0.610. The Kier molecular flexibility index (Phi) is 3.62. The van der Waals surface area contributed by atoms with E-state index in [4.69, 9.17) is 20.8 Å². The van der Waals surface area contributed by atoms with Crippen LogP contribution in [0, 0.1) is 5.82 Å². The molecule has 0 saturated heterocycles. The highest BCUT2D eigenvalue weighted by atomic mass is 35.5. The minimum absolute atomic E-state index is 0.0189. The fourth-order valence-electron chi connectivity index (χ4n) is 1.46. The predicted molar refractivity (Wildman–Crippen MR) is 62.9 cm³/mol. The van der Waals surface area contributed by atoms with Gasteiger partial charge in [-0.2, -0.15) is 0 Å². The van der Waals surface area contributed by atoms with Gasteiger partial charge in [0.1, 0.15) is 5.82 Å². The highest BCUT2D eigenvalue weighted by Gasteiger charge is 2.21. The number of oxazole rings is 1. The Hall–Kier alpha value is -1.88. The smallest absolute Gasteiger partial charge is 0.360 e. The molecule has 6 heteroatoms. The molecule has 2 aromatic rings. The lowest BCUT2D eigenvalue weighted by atomic mass is 10.1. The SMILES string of the molecule is CCOC(=O)c1ncoc1-c1ccc(F)cc1Cl. The first kappa shape index (κ1) is 12.6. The molecule has 0 aliphatic carbocycles. The molecule has 0 bridgehead atoms. The van der Waals surface area contributed by atoms with Crippen molar-refractivity contribution in [3.05, 3.63) is 41.1 Å². The first-order valence-electron chi connectivity index (χ1n) is 5.19. The average Bonchev–Trinajstić information content (AvgIpc) is 2.78. The lowest BCUT2D eigenvalue weighted by Crippen LogP contribution is -2.06. The van der Waals surface area contributed by atoms with E-state index < -0.39 is 11.8 Å². The van der Waals surface area contributed by atoms with Crippen molar-refractivity contribution >= 4 is 17.6 Å². The van der Waals surface area contributed by atoms with Crippen molar-refractivity contribution in [1.29, 1.82) is 0 Å². The highest BCUT2D eigenvalue weighted by Crippen LogP contribution is 2.31. The summed E-state index contributed by atoms with van der Waals surface area (Å²) in [5.41, 5.74) is 0.406. The van der Waals surface area contributed by atoms with Gasteiger partial charge in [-0.15, -0.1) is 0 Å². The van der Waals surface area contributed by atoms with Crippen LogP contribution in [0.5, 0.6) is 0 Å². The standard InChI is InChI=1S/C12H9ClFNO3/c1-2-17-12(16)10-11(18-6-15-10)8-4-3-7(14)5-9(8)13/h3-6H,2H2,1H3. The maximum atomic E-state index is 12.9. The number of carbonyl (C=O) groups is 1. The molecule has 0 aliphatic heterocycles. The van der Waals surface area contributed by atoms with Crippen LogP contribution < -0.4 is 0 Å². The van der Waals surface area contributed by atoms with E-state index in [-0.39, 0.29) is 23.1 Å². The molecule has 0 amide bonds. The third-order valence-electron chi connectivity index (χ3n) is 2.21. The Morgan fingerprint density at radius 1 is 1.56 bits per heavy atom. The number of rotatable bonds is 3. The third kappa shape index (κ3) is 2.36. The van der Waals surface area contributed by atoms with Gasteiger partial charge in [-0.05, 0) is 25.1 Å². The summed E-state index contributed by atoms with van der Waals surface area (Å²) in [7, 11) is 0. The zero-order chi connectivity index (χ0) is 13.1. The molecule has 18 heavy (non-hydrogen) atoms. The number of hydrogen-bond acceptors (Lipinski definition) is 4. The number of benzene rings is 1. The zero-order valence-electron chi connectivity index (χ0n) is 9.44. The van der Waals surface area contributed by atoms with Crippen LogP contribution in [0.15, 0.2) is 29.0 Å². The molecule has 0 N–H and O–H groups in total. The normalized spacial score (nSPS) is 10.4. The Balaban J connectivity index is 2.45. The molecule has 2 rings (SSSR count). The topological polar surface area (TPSA) is 52.3 Å². The van der Waals surface area contributed by atoms with Crippen molar-refractivity contribution in [2.45, 2.75) is 6.92 Å². The van der Waals surface area contributed by atoms with Crippen LogP contribution in [0.25, 0.3) is 11.3 Å². The summed E-state index contributed by atoms with van der Waals surface area (Å²) < 4.78 is 22.9. The summed E-state index contributed by atoms with van der Waals surface area (Å²) in [6.45, 7) is 1.91. The van der Waals surface area contributed by atoms with Gasteiger partial charge < -0.3 is 9.15 Å². The van der Waals surface area contributed by atoms with Gasteiger partial charge in [0, 0.05) is 5.56 Å². The molecule has 0 aliphatic rings. The monoisotopic (exact) mass is 269 g/mol. The van der Waals surface area contributed by atoms with Crippen LogP contribution in [0.3, 0.4) is 0 Å². The van der Waals surface area contributed by atoms with Crippen molar-refractivity contribution in [2.24, 2.45) is 0 Å². The van der Waals surface area contributed by atoms with Gasteiger partial charge in [0.15, 0.2) is 17.8 Å². The quantitative estimate of drug-likeness (QED) is 0.802. The lowest BCUT2D eigenvalue weighted by molar-refractivity contribution is 0.0520. The van der Waals surface area contributed by atoms with E-state index in [0.29, 0.717) is 5.56 Å². The molecule has 1 aromatic heterocycles. The van der Waals surface area contributed by atoms with Crippen molar-refractivity contribution in [2.75, 3.05) is 6.61 Å². The fraction of sp³-hybridized carbons (Fsp3) is 0.167. The first-order valence-corrected chi connectivity index (χ1v) is 5.57. The molecule has 0 unspecified atom stereocenters. The van der Waals surface area contributed by atoms with Gasteiger partial charge in [0.2, 0.25) is 0 Å². The van der Waals surface area contributed by atoms with Gasteiger partial charge in [-0.1, -0.05) is 11.6 Å². The molecule has 94 valence electrons. The van der Waals surface area contributed by atoms with Crippen LogP contribution in [0.4, 0.5) is 4.39 Å². The second kappa shape index (κ2) is 5.18. The third-order valence-corrected chi connectivity index (χ3v) is 2.52. The van der Waals surface area contributed by atoms with Crippen LogP contribution in [-0.4, -0.2) is 17.6 Å². The summed E-state index contributed by atoms with van der Waals surface area (Å²) in [4.78, 5) is 15.4. The molecule has 1 aromatic carbocycles. The summed E-state index contributed by atoms with van der Waals surface area (Å²) in [5, 5.41) is 0.136. The second-order valence-corrected chi connectivity index (χ2v) is 3.78. The van der Waals surface area contributed by atoms with Crippen LogP contribution in [0.1, 0.15) is 17.4 Å². The largest absolute Gasteiger partial charge is 0.461 e. The summed E-state index contributed by atoms with van der Waals surface area (Å²) in [6, 6.07) is 3.77. The van der Waals surface area contributed by atoms with Gasteiger partial charge in [0.25, 0.3) is 0 Å². The molecule has 0 saturated carbocycles. The fourth-order valence-corrected chi connectivity index (χ4v) is 1.71. The molecule has 1 heterocycles. The first-order chi connectivity index (χ1) is 8.63. The average molecular weight is 270 g/mol. The van der Waals surface area contributed by atoms with Gasteiger partial charge in [0.05, 0.1) is 11.6 Å². The Bertz CT molecular complexity index is 582. The van der Waals surface area contributed by atoms with Crippen molar-refractivity contribution in [3.63, 3.8) is 0 Å². The number of aromatic nitrogens is 1. The molecular weight excluding hydrogens is 261 g/mol. The number of carbonyl (C=O) groups excluding carboxylic acids is 1.